The molecule has 2 rings (SSSR count). The van der Waals surface area contributed by atoms with Crippen LogP contribution in [-0.2, 0) is 19.6 Å². The molecule has 9 heteroatoms. The zero-order valence-corrected chi connectivity index (χ0v) is 15.6. The molecule has 7 nitrogen and oxygen atoms in total. The molecule has 0 atom stereocenters. The number of halogens is 1. The maximum atomic E-state index is 12.1. The van der Waals surface area contributed by atoms with Gasteiger partial charge in [-0.1, -0.05) is 36.9 Å². The Balaban J connectivity index is 1.97. The topological polar surface area (TPSA) is 95.6 Å². The Morgan fingerprint density at radius 3 is 2.48 bits per heavy atom. The highest BCUT2D eigenvalue weighted by Gasteiger charge is 2.23. The molecule has 0 saturated heterocycles. The summed E-state index contributed by atoms with van der Waals surface area (Å²) in [5, 5.41) is 0.358. The van der Waals surface area contributed by atoms with Crippen LogP contribution in [0.1, 0.15) is 32.1 Å². The van der Waals surface area contributed by atoms with E-state index >= 15 is 0 Å². The largest absolute Gasteiger partial charge is 0.273 e. The van der Waals surface area contributed by atoms with Crippen LogP contribution >= 0.6 is 11.6 Å². The monoisotopic (exact) mass is 387 g/mol. The first-order chi connectivity index (χ1) is 11.8. The van der Waals surface area contributed by atoms with Gasteiger partial charge in [-0.2, -0.15) is 0 Å². The van der Waals surface area contributed by atoms with Gasteiger partial charge in [-0.05, 0) is 31.0 Å². The highest BCUT2D eigenvalue weighted by Crippen LogP contribution is 2.23. The predicted molar refractivity (Wildman–Crippen MR) is 96.5 cm³/mol. The first-order valence-corrected chi connectivity index (χ1v) is 10.3. The molecule has 2 N–H and O–H groups in total. The van der Waals surface area contributed by atoms with E-state index in [9.17, 15) is 18.0 Å². The number of anilines is 1. The molecule has 0 aromatic heterocycles. The normalized spacial score (nSPS) is 15.4. The number of hydrogen-bond donors (Lipinski definition) is 2. The summed E-state index contributed by atoms with van der Waals surface area (Å²) in [7, 11) is -3.69. The van der Waals surface area contributed by atoms with Crippen molar-refractivity contribution in [3.8, 4) is 0 Å². The molecule has 0 radical (unpaired) electrons. The van der Waals surface area contributed by atoms with Crippen LogP contribution in [0.25, 0.3) is 0 Å². The number of carbonyl (C=O) groups excluding carboxylic acids is 2. The second-order valence-electron chi connectivity index (χ2n) is 6.12. The number of rotatable bonds is 5. The van der Waals surface area contributed by atoms with Gasteiger partial charge in [0.25, 0.3) is 5.91 Å². The molecule has 0 bridgehead atoms. The fourth-order valence-corrected chi connectivity index (χ4v) is 3.83. The van der Waals surface area contributed by atoms with Crippen molar-refractivity contribution < 1.29 is 18.0 Å². The second kappa shape index (κ2) is 8.53. The number of benzene rings is 1. The molecule has 0 spiro atoms. The zero-order chi connectivity index (χ0) is 18.4. The highest BCUT2D eigenvalue weighted by atomic mass is 35.5. The average molecular weight is 388 g/mol. The van der Waals surface area contributed by atoms with Gasteiger partial charge in [0.1, 0.15) is 6.54 Å². The highest BCUT2D eigenvalue weighted by molar-refractivity contribution is 7.92. The van der Waals surface area contributed by atoms with Gasteiger partial charge in [0, 0.05) is 10.9 Å². The van der Waals surface area contributed by atoms with Crippen molar-refractivity contribution in [1.82, 2.24) is 10.9 Å². The summed E-state index contributed by atoms with van der Waals surface area (Å²) in [6, 6.07) is 6.20. The molecule has 1 aliphatic rings. The molecule has 0 unspecified atom stereocenters. The van der Waals surface area contributed by atoms with Crippen LogP contribution in [0.3, 0.4) is 0 Å². The first kappa shape index (κ1) is 19.5. The van der Waals surface area contributed by atoms with Crippen molar-refractivity contribution in [2.45, 2.75) is 32.1 Å². The number of sulfonamides is 1. The molecule has 1 fully saturated rings. The minimum Gasteiger partial charge on any atom is -0.273 e. The van der Waals surface area contributed by atoms with Crippen LogP contribution < -0.4 is 15.2 Å². The molecule has 1 aromatic carbocycles. The molecular formula is C16H22ClN3O4S. The lowest BCUT2D eigenvalue weighted by Crippen LogP contribution is -2.49. The summed E-state index contributed by atoms with van der Waals surface area (Å²) >= 11 is 5.89. The zero-order valence-electron chi connectivity index (χ0n) is 14.0. The third-order valence-corrected chi connectivity index (χ3v) is 5.46. The lowest BCUT2D eigenvalue weighted by molar-refractivity contribution is -0.131. The maximum absolute atomic E-state index is 12.1. The van der Waals surface area contributed by atoms with E-state index in [1.807, 2.05) is 0 Å². The lowest BCUT2D eigenvalue weighted by atomic mass is 9.89. The summed E-state index contributed by atoms with van der Waals surface area (Å²) < 4.78 is 24.9. The fraction of sp³-hybridized carbons (Fsp3) is 0.500. The van der Waals surface area contributed by atoms with E-state index < -0.39 is 22.5 Å². The van der Waals surface area contributed by atoms with E-state index in [0.29, 0.717) is 5.02 Å². The second-order valence-corrected chi connectivity index (χ2v) is 8.47. The molecule has 0 aliphatic heterocycles. The predicted octanol–water partition coefficient (Wildman–Crippen LogP) is 1.83. The van der Waals surface area contributed by atoms with E-state index in [0.717, 1.165) is 42.7 Å². The van der Waals surface area contributed by atoms with Gasteiger partial charge in [0.2, 0.25) is 15.9 Å². The molecule has 0 heterocycles. The quantitative estimate of drug-likeness (QED) is 0.753. The Morgan fingerprint density at radius 1 is 1.20 bits per heavy atom. The third kappa shape index (κ3) is 5.89. The Kier molecular flexibility index (Phi) is 6.66. The smallest absolute Gasteiger partial charge is 0.259 e. The molecule has 138 valence electrons. The molecule has 1 aromatic rings. The minimum atomic E-state index is -3.69. The number of hydrazine groups is 1. The average Bonchev–Trinajstić information content (AvgIpc) is 2.57. The van der Waals surface area contributed by atoms with Crippen molar-refractivity contribution in [2.24, 2.45) is 5.92 Å². The van der Waals surface area contributed by atoms with Gasteiger partial charge in [-0.3, -0.25) is 24.7 Å². The lowest BCUT2D eigenvalue weighted by Gasteiger charge is -2.23. The Hall–Kier alpha value is -1.80. The van der Waals surface area contributed by atoms with Gasteiger partial charge in [-0.25, -0.2) is 8.42 Å². The first-order valence-electron chi connectivity index (χ1n) is 8.09. The summed E-state index contributed by atoms with van der Waals surface area (Å²) in [5.74, 6) is -0.968. The maximum Gasteiger partial charge on any atom is 0.259 e. The van der Waals surface area contributed by atoms with E-state index in [-0.39, 0.29) is 17.5 Å². The van der Waals surface area contributed by atoms with E-state index in [1.54, 1.807) is 18.2 Å². The Bertz CT molecular complexity index is 733. The van der Waals surface area contributed by atoms with Crippen LogP contribution in [0.4, 0.5) is 5.69 Å². The molecule has 1 saturated carbocycles. The third-order valence-electron chi connectivity index (χ3n) is 4.08. The number of carbonyl (C=O) groups is 2. The Labute approximate surface area is 152 Å². The van der Waals surface area contributed by atoms with Gasteiger partial charge in [-0.15, -0.1) is 0 Å². The SMILES string of the molecule is CS(=O)(=O)N(CC(=O)NNC(=O)C1CCCCC1)c1cccc(Cl)c1. The van der Waals surface area contributed by atoms with Crippen LogP contribution in [-0.4, -0.2) is 33.0 Å². The molecular weight excluding hydrogens is 366 g/mol. The number of nitrogens with zero attached hydrogens (tertiary/aromatic N) is 1. The summed E-state index contributed by atoms with van der Waals surface area (Å²) in [6.07, 6.45) is 5.74. The molecule has 25 heavy (non-hydrogen) atoms. The van der Waals surface area contributed by atoms with Gasteiger partial charge >= 0.3 is 0 Å². The van der Waals surface area contributed by atoms with Crippen molar-refractivity contribution in [2.75, 3.05) is 17.1 Å². The van der Waals surface area contributed by atoms with Crippen LogP contribution in [0, 0.1) is 5.92 Å². The van der Waals surface area contributed by atoms with E-state index in [4.69, 9.17) is 11.6 Å². The minimum absolute atomic E-state index is 0.104. The van der Waals surface area contributed by atoms with Crippen LogP contribution in [0.15, 0.2) is 24.3 Å². The summed E-state index contributed by atoms with van der Waals surface area (Å²) in [4.78, 5) is 24.1. The van der Waals surface area contributed by atoms with Crippen LogP contribution in [0.5, 0.6) is 0 Å². The van der Waals surface area contributed by atoms with Gasteiger partial charge in [0.05, 0.1) is 11.9 Å². The van der Waals surface area contributed by atoms with E-state index in [2.05, 4.69) is 10.9 Å². The summed E-state index contributed by atoms with van der Waals surface area (Å²) in [6.45, 7) is -0.454. The number of hydrogen-bond acceptors (Lipinski definition) is 4. The fourth-order valence-electron chi connectivity index (χ4n) is 2.80. The Morgan fingerprint density at radius 2 is 1.88 bits per heavy atom. The summed E-state index contributed by atoms with van der Waals surface area (Å²) in [5.41, 5.74) is 4.96. The van der Waals surface area contributed by atoms with E-state index in [1.165, 1.54) is 6.07 Å². The standard InChI is InChI=1S/C16H22ClN3O4S/c1-25(23,24)20(14-9-5-8-13(17)10-14)11-15(21)18-19-16(22)12-6-3-2-4-7-12/h5,8-10,12H,2-4,6-7,11H2,1H3,(H,18,21)(H,19,22). The van der Waals surface area contributed by atoms with Crippen molar-refractivity contribution in [3.63, 3.8) is 0 Å². The molecule has 2 amide bonds. The molecule has 1 aliphatic carbocycles. The van der Waals surface area contributed by atoms with Crippen LogP contribution in [0.2, 0.25) is 5.02 Å². The number of nitrogens with one attached hydrogen (secondary N) is 2. The van der Waals surface area contributed by atoms with Crippen molar-refractivity contribution in [1.29, 1.82) is 0 Å². The van der Waals surface area contributed by atoms with Crippen molar-refractivity contribution >= 4 is 39.1 Å². The number of amides is 2. The van der Waals surface area contributed by atoms with Crippen molar-refractivity contribution in [3.05, 3.63) is 29.3 Å². The van der Waals surface area contributed by atoms with Gasteiger partial charge < -0.3 is 0 Å². The van der Waals surface area contributed by atoms with Gasteiger partial charge in [0.15, 0.2) is 0 Å².